The van der Waals surface area contributed by atoms with Crippen molar-refractivity contribution in [2.75, 3.05) is 53.1 Å². The van der Waals surface area contributed by atoms with E-state index in [1.54, 1.807) is 37.6 Å². The van der Waals surface area contributed by atoms with E-state index in [2.05, 4.69) is 15.2 Å². The molecule has 3 aromatic rings. The maximum absolute atomic E-state index is 14.6. The van der Waals surface area contributed by atoms with Gasteiger partial charge in [-0.2, -0.15) is 0 Å². The quantitative estimate of drug-likeness (QED) is 0.431. The first kappa shape index (κ1) is 24.7. The van der Waals surface area contributed by atoms with Crippen LogP contribution in [0.3, 0.4) is 0 Å². The van der Waals surface area contributed by atoms with Crippen LogP contribution in [0.25, 0.3) is 22.0 Å². The van der Waals surface area contributed by atoms with Crippen LogP contribution in [0.2, 0.25) is 0 Å². The van der Waals surface area contributed by atoms with Crippen LogP contribution in [0.4, 0.5) is 4.39 Å². The van der Waals surface area contributed by atoms with Crippen molar-refractivity contribution in [1.29, 1.82) is 0 Å². The number of pyridine rings is 1. The number of H-pyrrole nitrogens is 1. The molecule has 2 aromatic carbocycles. The first-order valence-corrected chi connectivity index (χ1v) is 11.7. The van der Waals surface area contributed by atoms with Crippen molar-refractivity contribution in [3.63, 3.8) is 0 Å². The Labute approximate surface area is 203 Å². The van der Waals surface area contributed by atoms with E-state index < -0.39 is 11.2 Å². The van der Waals surface area contributed by atoms with Gasteiger partial charge in [-0.15, -0.1) is 0 Å². The number of benzene rings is 2. The fourth-order valence-electron chi connectivity index (χ4n) is 4.05. The minimum absolute atomic E-state index is 0.0386. The van der Waals surface area contributed by atoms with E-state index in [1.807, 2.05) is 0 Å². The van der Waals surface area contributed by atoms with Crippen LogP contribution < -0.4 is 20.2 Å². The van der Waals surface area contributed by atoms with E-state index in [9.17, 15) is 14.0 Å². The molecule has 8 nitrogen and oxygen atoms in total. The monoisotopic (exact) mass is 483 g/mol. The fraction of sp³-hybridized carbons (Fsp3) is 0.385. The number of rotatable bonds is 10. The van der Waals surface area contributed by atoms with Crippen LogP contribution in [0.5, 0.6) is 11.5 Å². The lowest BCUT2D eigenvalue weighted by atomic mass is 10.0. The average Bonchev–Trinajstić information content (AvgIpc) is 2.88. The SMILES string of the molecule is COc1ccc(-c2c[nH]c3c(OCCCC(=O)NCCN4CCOCC4)ccc(F)c3c2=O)cc1. The summed E-state index contributed by atoms with van der Waals surface area (Å²) in [6.45, 7) is 4.91. The van der Waals surface area contributed by atoms with Crippen LogP contribution in [0.1, 0.15) is 12.8 Å². The van der Waals surface area contributed by atoms with Crippen molar-refractivity contribution in [3.8, 4) is 22.6 Å². The molecule has 2 N–H and O–H groups in total. The third-order valence-electron chi connectivity index (χ3n) is 6.01. The molecule has 0 saturated carbocycles. The van der Waals surface area contributed by atoms with Gasteiger partial charge in [0.05, 0.1) is 37.8 Å². The van der Waals surface area contributed by atoms with Gasteiger partial charge in [-0.1, -0.05) is 12.1 Å². The van der Waals surface area contributed by atoms with Gasteiger partial charge in [0.15, 0.2) is 5.43 Å². The highest BCUT2D eigenvalue weighted by molar-refractivity contribution is 5.88. The molecule has 0 spiro atoms. The number of fused-ring (bicyclic) bond motifs is 1. The molecule has 1 amide bonds. The van der Waals surface area contributed by atoms with Gasteiger partial charge < -0.3 is 24.5 Å². The Hall–Kier alpha value is -3.43. The standard InChI is InChI=1S/C26H30FN3O5/c1-33-19-6-4-18(5-7-19)20-17-29-25-22(9-8-21(27)24(25)26(20)32)35-14-2-3-23(31)28-10-11-30-12-15-34-16-13-30/h4-9,17H,2-3,10-16H2,1H3,(H,28,31)(H,29,32). The molecule has 9 heteroatoms. The van der Waals surface area contributed by atoms with E-state index in [4.69, 9.17) is 14.2 Å². The summed E-state index contributed by atoms with van der Waals surface area (Å²) in [5, 5.41) is 2.86. The Morgan fingerprint density at radius 3 is 2.69 bits per heavy atom. The third-order valence-corrected chi connectivity index (χ3v) is 6.01. The highest BCUT2D eigenvalue weighted by Crippen LogP contribution is 2.27. The van der Waals surface area contributed by atoms with Gasteiger partial charge in [0.25, 0.3) is 0 Å². The first-order valence-electron chi connectivity index (χ1n) is 11.7. The smallest absolute Gasteiger partial charge is 0.220 e. The van der Waals surface area contributed by atoms with Crippen LogP contribution in [0, 0.1) is 5.82 Å². The fourth-order valence-corrected chi connectivity index (χ4v) is 4.05. The van der Waals surface area contributed by atoms with E-state index in [0.29, 0.717) is 47.5 Å². The minimum Gasteiger partial charge on any atom is -0.497 e. The Morgan fingerprint density at radius 1 is 1.17 bits per heavy atom. The number of carbonyl (C=O) groups is 1. The van der Waals surface area contributed by atoms with Crippen molar-refractivity contribution < 1.29 is 23.4 Å². The van der Waals surface area contributed by atoms with Gasteiger partial charge in [0.2, 0.25) is 5.91 Å². The molecule has 0 atom stereocenters. The highest BCUT2D eigenvalue weighted by Gasteiger charge is 2.15. The molecule has 1 saturated heterocycles. The van der Waals surface area contributed by atoms with E-state index in [0.717, 1.165) is 32.8 Å². The molecule has 0 unspecified atom stereocenters. The third kappa shape index (κ3) is 6.17. The summed E-state index contributed by atoms with van der Waals surface area (Å²) in [5.74, 6) is 0.373. The van der Waals surface area contributed by atoms with E-state index in [-0.39, 0.29) is 17.9 Å². The zero-order chi connectivity index (χ0) is 24.6. The molecule has 1 fully saturated rings. The first-order chi connectivity index (χ1) is 17.1. The van der Waals surface area contributed by atoms with Crippen molar-refractivity contribution >= 4 is 16.8 Å². The number of nitrogens with one attached hydrogen (secondary N) is 2. The molecule has 35 heavy (non-hydrogen) atoms. The Bertz CT molecular complexity index is 1210. The van der Waals surface area contributed by atoms with Crippen molar-refractivity contribution in [1.82, 2.24) is 15.2 Å². The molecule has 2 heterocycles. The number of morpholine rings is 1. The zero-order valence-electron chi connectivity index (χ0n) is 19.8. The highest BCUT2D eigenvalue weighted by atomic mass is 19.1. The molecule has 1 aliphatic rings. The molecule has 4 rings (SSSR count). The Kier molecular flexibility index (Phi) is 8.33. The largest absolute Gasteiger partial charge is 0.497 e. The Morgan fingerprint density at radius 2 is 1.94 bits per heavy atom. The summed E-state index contributed by atoms with van der Waals surface area (Å²) < 4.78 is 30.9. The summed E-state index contributed by atoms with van der Waals surface area (Å²) in [7, 11) is 1.56. The van der Waals surface area contributed by atoms with Crippen LogP contribution in [-0.2, 0) is 9.53 Å². The van der Waals surface area contributed by atoms with Crippen LogP contribution >= 0.6 is 0 Å². The van der Waals surface area contributed by atoms with Gasteiger partial charge >= 0.3 is 0 Å². The summed E-state index contributed by atoms with van der Waals surface area (Å²) >= 11 is 0. The van der Waals surface area contributed by atoms with E-state index in [1.165, 1.54) is 12.1 Å². The van der Waals surface area contributed by atoms with Gasteiger partial charge in [-0.05, 0) is 36.2 Å². The second-order valence-corrected chi connectivity index (χ2v) is 8.31. The molecule has 0 aliphatic carbocycles. The lowest BCUT2D eigenvalue weighted by molar-refractivity contribution is -0.121. The number of hydrogen-bond donors (Lipinski definition) is 2. The van der Waals surface area contributed by atoms with Gasteiger partial charge in [-0.25, -0.2) is 4.39 Å². The molecule has 0 bridgehead atoms. The molecule has 1 aliphatic heterocycles. The normalized spacial score (nSPS) is 14.1. The summed E-state index contributed by atoms with van der Waals surface area (Å²) in [6, 6.07) is 9.70. The summed E-state index contributed by atoms with van der Waals surface area (Å²) in [6.07, 6.45) is 2.37. The predicted molar refractivity (Wildman–Crippen MR) is 132 cm³/mol. The number of halogens is 1. The maximum Gasteiger partial charge on any atom is 0.220 e. The zero-order valence-corrected chi connectivity index (χ0v) is 19.8. The number of amides is 1. The minimum atomic E-state index is -0.622. The summed E-state index contributed by atoms with van der Waals surface area (Å²) in [4.78, 5) is 30.4. The number of nitrogens with zero attached hydrogens (tertiary/aromatic N) is 1. The lowest BCUT2D eigenvalue weighted by Crippen LogP contribution is -2.41. The van der Waals surface area contributed by atoms with E-state index >= 15 is 0 Å². The maximum atomic E-state index is 14.6. The van der Waals surface area contributed by atoms with Gasteiger partial charge in [0.1, 0.15) is 17.3 Å². The number of aromatic amines is 1. The molecular formula is C26H30FN3O5. The molecule has 0 radical (unpaired) electrons. The average molecular weight is 484 g/mol. The van der Waals surface area contributed by atoms with Gasteiger partial charge in [0, 0.05) is 44.4 Å². The lowest BCUT2D eigenvalue weighted by Gasteiger charge is -2.26. The second-order valence-electron chi connectivity index (χ2n) is 8.31. The van der Waals surface area contributed by atoms with Crippen LogP contribution in [-0.4, -0.2) is 68.9 Å². The molecule has 186 valence electrons. The molecule has 1 aromatic heterocycles. The number of hydrogen-bond acceptors (Lipinski definition) is 6. The summed E-state index contributed by atoms with van der Waals surface area (Å²) in [5.41, 5.74) is 0.873. The molecular weight excluding hydrogens is 453 g/mol. The van der Waals surface area contributed by atoms with Crippen molar-refractivity contribution in [2.45, 2.75) is 12.8 Å². The number of methoxy groups -OCH3 is 1. The number of carbonyl (C=O) groups excluding carboxylic acids is 1. The van der Waals surface area contributed by atoms with Crippen LogP contribution in [0.15, 0.2) is 47.4 Å². The number of aromatic nitrogens is 1. The number of ether oxygens (including phenoxy) is 3. The second kappa shape index (κ2) is 11.8. The predicted octanol–water partition coefficient (Wildman–Crippen LogP) is 2.95. The van der Waals surface area contributed by atoms with Crippen molar-refractivity contribution in [2.24, 2.45) is 0 Å². The topological polar surface area (TPSA) is 92.9 Å². The van der Waals surface area contributed by atoms with Gasteiger partial charge in [-0.3, -0.25) is 14.5 Å². The van der Waals surface area contributed by atoms with Crippen molar-refractivity contribution in [3.05, 3.63) is 58.6 Å². The Balaban J connectivity index is 1.34.